The molecule has 4 heteroatoms. The van der Waals surface area contributed by atoms with E-state index in [0.717, 1.165) is 25.0 Å². The maximum absolute atomic E-state index is 11.9. The molecule has 0 saturated heterocycles. The summed E-state index contributed by atoms with van der Waals surface area (Å²) >= 11 is 1.87. The van der Waals surface area contributed by atoms with E-state index in [1.54, 1.807) is 0 Å². The van der Waals surface area contributed by atoms with Crippen LogP contribution in [0.2, 0.25) is 0 Å². The number of thioether (sulfide) groups is 1. The van der Waals surface area contributed by atoms with Crippen LogP contribution in [0.25, 0.3) is 0 Å². The number of nitrogens with two attached hydrogens (primary N) is 1. The van der Waals surface area contributed by atoms with Crippen molar-refractivity contribution in [2.75, 3.05) is 5.75 Å². The van der Waals surface area contributed by atoms with Gasteiger partial charge in [0.15, 0.2) is 0 Å². The third-order valence-electron chi connectivity index (χ3n) is 3.36. The number of nitrogens with one attached hydrogen (secondary N) is 1. The number of amides is 1. The van der Waals surface area contributed by atoms with Gasteiger partial charge in [0.1, 0.15) is 0 Å². The van der Waals surface area contributed by atoms with Gasteiger partial charge in [-0.3, -0.25) is 4.79 Å². The van der Waals surface area contributed by atoms with Gasteiger partial charge in [0.2, 0.25) is 5.91 Å². The summed E-state index contributed by atoms with van der Waals surface area (Å²) in [6, 6.07) is 8.71. The lowest BCUT2D eigenvalue weighted by atomic mass is 10.0. The Morgan fingerprint density at radius 1 is 1.53 bits per heavy atom. The normalized spacial score (nSPS) is 19.6. The fraction of sp³-hybridized carbons (Fsp3) is 0.533. The van der Waals surface area contributed by atoms with Gasteiger partial charge in [-0.1, -0.05) is 18.2 Å². The van der Waals surface area contributed by atoms with Gasteiger partial charge in [-0.05, 0) is 37.8 Å². The molecule has 0 spiro atoms. The Kier molecular flexibility index (Phi) is 5.28. The molecular formula is C15H22N2OS. The topological polar surface area (TPSA) is 55.1 Å². The third-order valence-corrected chi connectivity index (χ3v) is 4.48. The molecule has 2 unspecified atom stereocenters. The van der Waals surface area contributed by atoms with E-state index in [0.29, 0.717) is 6.42 Å². The first-order valence-electron chi connectivity index (χ1n) is 6.93. The van der Waals surface area contributed by atoms with E-state index in [-0.39, 0.29) is 18.0 Å². The standard InChI is InChI=1S/C15H22N2OS/c1-11(16)5-4-8-15(18)17-13-9-10-19-14-7-3-2-6-12(13)14/h2-3,6-7,11,13H,4-5,8-10,16H2,1H3,(H,17,18). The van der Waals surface area contributed by atoms with Crippen molar-refractivity contribution in [2.24, 2.45) is 5.73 Å². The van der Waals surface area contributed by atoms with Crippen molar-refractivity contribution in [3.8, 4) is 0 Å². The molecule has 0 saturated carbocycles. The molecule has 2 atom stereocenters. The maximum Gasteiger partial charge on any atom is 0.220 e. The number of hydrogen-bond donors (Lipinski definition) is 2. The molecule has 1 aromatic carbocycles. The Bertz CT molecular complexity index is 434. The van der Waals surface area contributed by atoms with Crippen LogP contribution in [0.15, 0.2) is 29.2 Å². The lowest BCUT2D eigenvalue weighted by molar-refractivity contribution is -0.122. The molecule has 1 aliphatic rings. The zero-order chi connectivity index (χ0) is 13.7. The van der Waals surface area contributed by atoms with Gasteiger partial charge in [-0.25, -0.2) is 0 Å². The van der Waals surface area contributed by atoms with E-state index in [9.17, 15) is 4.79 Å². The first-order chi connectivity index (χ1) is 9.16. The van der Waals surface area contributed by atoms with E-state index in [1.807, 2.05) is 24.8 Å². The molecule has 2 rings (SSSR count). The monoisotopic (exact) mass is 278 g/mol. The molecule has 1 aromatic rings. The summed E-state index contributed by atoms with van der Waals surface area (Å²) in [5.41, 5.74) is 6.95. The summed E-state index contributed by atoms with van der Waals surface area (Å²) in [5, 5.41) is 3.16. The van der Waals surface area contributed by atoms with Crippen molar-refractivity contribution >= 4 is 17.7 Å². The minimum Gasteiger partial charge on any atom is -0.349 e. The van der Waals surface area contributed by atoms with Crippen LogP contribution in [-0.4, -0.2) is 17.7 Å². The van der Waals surface area contributed by atoms with E-state index in [4.69, 9.17) is 5.73 Å². The smallest absolute Gasteiger partial charge is 0.220 e. The Hall–Kier alpha value is -1.00. The van der Waals surface area contributed by atoms with Gasteiger partial charge in [-0.2, -0.15) is 0 Å². The second-order valence-corrected chi connectivity index (χ2v) is 6.30. The second-order valence-electron chi connectivity index (χ2n) is 5.16. The van der Waals surface area contributed by atoms with Crippen LogP contribution < -0.4 is 11.1 Å². The number of carbonyl (C=O) groups is 1. The maximum atomic E-state index is 11.9. The molecule has 0 fully saturated rings. The van der Waals surface area contributed by atoms with Gasteiger partial charge in [0.25, 0.3) is 0 Å². The Balaban J connectivity index is 1.88. The molecular weight excluding hydrogens is 256 g/mol. The first kappa shape index (κ1) is 14.4. The van der Waals surface area contributed by atoms with Crippen molar-refractivity contribution in [2.45, 2.75) is 49.6 Å². The van der Waals surface area contributed by atoms with Crippen LogP contribution >= 0.6 is 11.8 Å². The molecule has 0 aromatic heterocycles. The summed E-state index contributed by atoms with van der Waals surface area (Å²) in [4.78, 5) is 13.2. The predicted molar refractivity (Wildman–Crippen MR) is 80.2 cm³/mol. The molecule has 1 heterocycles. The zero-order valence-corrected chi connectivity index (χ0v) is 12.2. The van der Waals surface area contributed by atoms with Gasteiger partial charge in [0.05, 0.1) is 6.04 Å². The second kappa shape index (κ2) is 6.96. The Labute approximate surface area is 119 Å². The minimum atomic E-state index is 0.146. The SMILES string of the molecule is CC(N)CCCC(=O)NC1CCSc2ccccc21. The van der Waals surface area contributed by atoms with Crippen molar-refractivity contribution < 1.29 is 4.79 Å². The molecule has 1 amide bonds. The van der Waals surface area contributed by atoms with Gasteiger partial charge < -0.3 is 11.1 Å². The number of hydrogen-bond acceptors (Lipinski definition) is 3. The van der Waals surface area contributed by atoms with E-state index in [1.165, 1.54) is 10.5 Å². The number of benzene rings is 1. The summed E-state index contributed by atoms with van der Waals surface area (Å²) in [5.74, 6) is 1.22. The van der Waals surface area contributed by atoms with Gasteiger partial charge in [0, 0.05) is 23.1 Å². The summed E-state index contributed by atoms with van der Waals surface area (Å²) < 4.78 is 0. The van der Waals surface area contributed by atoms with Gasteiger partial charge >= 0.3 is 0 Å². The summed E-state index contributed by atoms with van der Waals surface area (Å²) in [6.45, 7) is 1.98. The molecule has 3 N–H and O–H groups in total. The highest BCUT2D eigenvalue weighted by atomic mass is 32.2. The highest BCUT2D eigenvalue weighted by Crippen LogP contribution is 2.35. The zero-order valence-electron chi connectivity index (χ0n) is 11.4. The Morgan fingerprint density at radius 2 is 2.32 bits per heavy atom. The predicted octanol–water partition coefficient (Wildman–Crippen LogP) is 2.86. The lowest BCUT2D eigenvalue weighted by Crippen LogP contribution is -2.30. The average molecular weight is 278 g/mol. The van der Waals surface area contributed by atoms with E-state index < -0.39 is 0 Å². The summed E-state index contributed by atoms with van der Waals surface area (Å²) in [6.07, 6.45) is 3.37. The minimum absolute atomic E-state index is 0.146. The molecule has 0 aliphatic carbocycles. The van der Waals surface area contributed by atoms with Crippen LogP contribution in [0, 0.1) is 0 Å². The van der Waals surface area contributed by atoms with Crippen molar-refractivity contribution in [3.05, 3.63) is 29.8 Å². The van der Waals surface area contributed by atoms with Crippen molar-refractivity contribution in [1.29, 1.82) is 0 Å². The molecule has 0 bridgehead atoms. The molecule has 0 radical (unpaired) electrons. The molecule has 1 aliphatic heterocycles. The van der Waals surface area contributed by atoms with Gasteiger partial charge in [-0.15, -0.1) is 11.8 Å². The first-order valence-corrected chi connectivity index (χ1v) is 7.92. The highest BCUT2D eigenvalue weighted by molar-refractivity contribution is 7.99. The lowest BCUT2D eigenvalue weighted by Gasteiger charge is -2.25. The molecule has 3 nitrogen and oxygen atoms in total. The van der Waals surface area contributed by atoms with Crippen LogP contribution in [0.4, 0.5) is 0 Å². The third kappa shape index (κ3) is 4.25. The quantitative estimate of drug-likeness (QED) is 0.871. The van der Waals surface area contributed by atoms with Crippen molar-refractivity contribution in [1.82, 2.24) is 5.32 Å². The average Bonchev–Trinajstić information content (AvgIpc) is 2.39. The number of rotatable bonds is 5. The fourth-order valence-corrected chi connectivity index (χ4v) is 3.47. The molecule has 19 heavy (non-hydrogen) atoms. The van der Waals surface area contributed by atoms with Crippen LogP contribution in [0.1, 0.15) is 44.2 Å². The van der Waals surface area contributed by atoms with E-state index in [2.05, 4.69) is 23.5 Å². The summed E-state index contributed by atoms with van der Waals surface area (Å²) in [7, 11) is 0. The number of fused-ring (bicyclic) bond motifs is 1. The fourth-order valence-electron chi connectivity index (χ4n) is 2.34. The number of carbonyl (C=O) groups excluding carboxylic acids is 1. The largest absolute Gasteiger partial charge is 0.349 e. The van der Waals surface area contributed by atoms with Crippen molar-refractivity contribution in [3.63, 3.8) is 0 Å². The van der Waals surface area contributed by atoms with Crippen LogP contribution in [0.3, 0.4) is 0 Å². The van der Waals surface area contributed by atoms with Crippen LogP contribution in [-0.2, 0) is 4.79 Å². The van der Waals surface area contributed by atoms with E-state index >= 15 is 0 Å². The Morgan fingerprint density at radius 3 is 3.11 bits per heavy atom. The highest BCUT2D eigenvalue weighted by Gasteiger charge is 2.21. The molecule has 104 valence electrons. The van der Waals surface area contributed by atoms with Crippen LogP contribution in [0.5, 0.6) is 0 Å².